The van der Waals surface area contributed by atoms with E-state index in [-0.39, 0.29) is 18.9 Å². The van der Waals surface area contributed by atoms with Gasteiger partial charge in [0.05, 0.1) is 6.42 Å². The highest BCUT2D eigenvalue weighted by molar-refractivity contribution is 5.93. The Hall–Kier alpha value is -1.88. The number of rotatable bonds is 9. The van der Waals surface area contributed by atoms with Crippen LogP contribution >= 0.6 is 0 Å². The molecule has 0 heterocycles. The number of benzene rings is 1. The Morgan fingerprint density at radius 3 is 2.43 bits per heavy atom. The summed E-state index contributed by atoms with van der Waals surface area (Å²) in [6.45, 7) is 5.11. The number of carboxylic acid groups (broad SMARTS) is 1. The van der Waals surface area contributed by atoms with Gasteiger partial charge in [0.15, 0.2) is 0 Å². The van der Waals surface area contributed by atoms with Gasteiger partial charge in [0.25, 0.3) is 0 Å². The quantitative estimate of drug-likeness (QED) is 0.685. The van der Waals surface area contributed by atoms with Gasteiger partial charge in [-0.15, -0.1) is 0 Å². The number of anilines is 1. The topological polar surface area (TPSA) is 69.6 Å². The first-order chi connectivity index (χ1) is 10.0. The van der Waals surface area contributed by atoms with Gasteiger partial charge in [-0.05, 0) is 25.1 Å². The van der Waals surface area contributed by atoms with Gasteiger partial charge in [0.2, 0.25) is 5.91 Å². The summed E-state index contributed by atoms with van der Waals surface area (Å²) < 4.78 is 0. The van der Waals surface area contributed by atoms with Crippen molar-refractivity contribution >= 4 is 17.6 Å². The van der Waals surface area contributed by atoms with Crippen LogP contribution in [0, 0.1) is 0 Å². The number of aliphatic carboxylic acids is 1. The molecule has 0 aliphatic carbocycles. The molecule has 21 heavy (non-hydrogen) atoms. The standard InChI is InChI=1S/C16H24N2O3/c1-13(2)17-11-6-9-15(19)18(12-10-16(20)21)14-7-4-3-5-8-14/h3-5,7-8,13,17H,6,9-12H2,1-2H3,(H,20,21). The van der Waals surface area contributed by atoms with Crippen LogP contribution in [0.3, 0.4) is 0 Å². The van der Waals surface area contributed by atoms with Crippen molar-refractivity contribution in [2.75, 3.05) is 18.0 Å². The molecule has 1 aromatic rings. The van der Waals surface area contributed by atoms with Crippen molar-refractivity contribution in [3.63, 3.8) is 0 Å². The molecule has 0 atom stereocenters. The third-order valence-corrected chi connectivity index (χ3v) is 3.04. The highest BCUT2D eigenvalue weighted by Gasteiger charge is 2.16. The number of nitrogens with zero attached hydrogens (tertiary/aromatic N) is 1. The van der Waals surface area contributed by atoms with Gasteiger partial charge in [-0.1, -0.05) is 32.0 Å². The number of amides is 1. The lowest BCUT2D eigenvalue weighted by Gasteiger charge is -2.22. The number of nitrogens with one attached hydrogen (secondary N) is 1. The summed E-state index contributed by atoms with van der Waals surface area (Å²) in [6.07, 6.45) is 1.10. The lowest BCUT2D eigenvalue weighted by atomic mass is 10.2. The zero-order chi connectivity index (χ0) is 15.7. The molecule has 1 aromatic carbocycles. The molecule has 1 amide bonds. The lowest BCUT2D eigenvalue weighted by molar-refractivity contribution is -0.136. The lowest BCUT2D eigenvalue weighted by Crippen LogP contribution is -2.33. The highest BCUT2D eigenvalue weighted by atomic mass is 16.4. The van der Waals surface area contributed by atoms with E-state index >= 15 is 0 Å². The van der Waals surface area contributed by atoms with Crippen LogP contribution in [-0.4, -0.2) is 36.1 Å². The van der Waals surface area contributed by atoms with Crippen LogP contribution in [0.1, 0.15) is 33.1 Å². The van der Waals surface area contributed by atoms with E-state index in [0.717, 1.165) is 18.7 Å². The van der Waals surface area contributed by atoms with Gasteiger partial charge < -0.3 is 15.3 Å². The van der Waals surface area contributed by atoms with Crippen LogP contribution in [0.5, 0.6) is 0 Å². The second kappa shape index (κ2) is 9.13. The summed E-state index contributed by atoms with van der Waals surface area (Å²) in [5, 5.41) is 12.1. The molecule has 0 aliphatic heterocycles. The Morgan fingerprint density at radius 2 is 1.86 bits per heavy atom. The minimum atomic E-state index is -0.898. The number of hydrogen-bond donors (Lipinski definition) is 2. The fraction of sp³-hybridized carbons (Fsp3) is 0.500. The summed E-state index contributed by atoms with van der Waals surface area (Å²) in [5.41, 5.74) is 0.751. The van der Waals surface area contributed by atoms with Crippen molar-refractivity contribution in [1.29, 1.82) is 0 Å². The van der Waals surface area contributed by atoms with E-state index in [9.17, 15) is 9.59 Å². The van der Waals surface area contributed by atoms with Gasteiger partial charge in [-0.25, -0.2) is 0 Å². The number of carbonyl (C=O) groups excluding carboxylic acids is 1. The van der Waals surface area contributed by atoms with Crippen molar-refractivity contribution in [2.24, 2.45) is 0 Å². The molecule has 0 aliphatic rings. The number of para-hydroxylation sites is 1. The van der Waals surface area contributed by atoms with E-state index in [1.54, 1.807) is 4.90 Å². The molecule has 1 rings (SSSR count). The van der Waals surface area contributed by atoms with Gasteiger partial charge >= 0.3 is 5.97 Å². The highest BCUT2D eigenvalue weighted by Crippen LogP contribution is 2.15. The molecule has 0 spiro atoms. The maximum absolute atomic E-state index is 12.3. The zero-order valence-electron chi connectivity index (χ0n) is 12.7. The fourth-order valence-electron chi connectivity index (χ4n) is 1.98. The molecule has 116 valence electrons. The van der Waals surface area contributed by atoms with E-state index in [0.29, 0.717) is 12.5 Å². The second-order valence-corrected chi connectivity index (χ2v) is 5.24. The van der Waals surface area contributed by atoms with E-state index in [1.165, 1.54) is 0 Å². The molecule has 0 unspecified atom stereocenters. The van der Waals surface area contributed by atoms with E-state index in [2.05, 4.69) is 19.2 Å². The van der Waals surface area contributed by atoms with Gasteiger partial charge in [-0.3, -0.25) is 9.59 Å². The molecule has 0 fully saturated rings. The van der Waals surface area contributed by atoms with E-state index in [1.807, 2.05) is 30.3 Å². The van der Waals surface area contributed by atoms with Crippen LogP contribution in [0.2, 0.25) is 0 Å². The monoisotopic (exact) mass is 292 g/mol. The summed E-state index contributed by atoms with van der Waals surface area (Å²) in [4.78, 5) is 24.6. The molecule has 0 saturated carbocycles. The Kier molecular flexibility index (Phi) is 7.46. The number of carbonyl (C=O) groups is 2. The fourth-order valence-corrected chi connectivity index (χ4v) is 1.98. The summed E-state index contributed by atoms with van der Waals surface area (Å²) >= 11 is 0. The molecule has 0 bridgehead atoms. The molecular weight excluding hydrogens is 268 g/mol. The molecule has 0 aromatic heterocycles. The van der Waals surface area contributed by atoms with Crippen molar-refractivity contribution in [1.82, 2.24) is 5.32 Å². The largest absolute Gasteiger partial charge is 0.481 e. The number of hydrogen-bond acceptors (Lipinski definition) is 3. The third-order valence-electron chi connectivity index (χ3n) is 3.04. The first-order valence-corrected chi connectivity index (χ1v) is 7.31. The van der Waals surface area contributed by atoms with Crippen molar-refractivity contribution in [3.8, 4) is 0 Å². The maximum Gasteiger partial charge on any atom is 0.305 e. The smallest absolute Gasteiger partial charge is 0.305 e. The van der Waals surface area contributed by atoms with Crippen LogP contribution < -0.4 is 10.2 Å². The van der Waals surface area contributed by atoms with Gasteiger partial charge in [0, 0.05) is 24.7 Å². The second-order valence-electron chi connectivity index (χ2n) is 5.24. The maximum atomic E-state index is 12.3. The molecule has 2 N–H and O–H groups in total. The van der Waals surface area contributed by atoms with Crippen LogP contribution in [0.25, 0.3) is 0 Å². The minimum Gasteiger partial charge on any atom is -0.481 e. The van der Waals surface area contributed by atoms with Crippen LogP contribution in [0.4, 0.5) is 5.69 Å². The Labute approximate surface area is 126 Å². The molecule has 0 radical (unpaired) electrons. The summed E-state index contributed by atoms with van der Waals surface area (Å²) in [5.74, 6) is -0.932. The van der Waals surface area contributed by atoms with Gasteiger partial charge in [-0.2, -0.15) is 0 Å². The summed E-state index contributed by atoms with van der Waals surface area (Å²) in [6, 6.07) is 9.61. The molecule has 5 nitrogen and oxygen atoms in total. The summed E-state index contributed by atoms with van der Waals surface area (Å²) in [7, 11) is 0. The predicted molar refractivity (Wildman–Crippen MR) is 83.4 cm³/mol. The van der Waals surface area contributed by atoms with Crippen molar-refractivity contribution in [2.45, 2.75) is 39.2 Å². The predicted octanol–water partition coefficient (Wildman–Crippen LogP) is 2.27. The Morgan fingerprint density at radius 1 is 1.19 bits per heavy atom. The van der Waals surface area contributed by atoms with Crippen LogP contribution in [-0.2, 0) is 9.59 Å². The number of carboxylic acids is 1. The van der Waals surface area contributed by atoms with E-state index < -0.39 is 5.97 Å². The van der Waals surface area contributed by atoms with Gasteiger partial charge in [0.1, 0.15) is 0 Å². The molecule has 0 saturated heterocycles. The normalized spacial score (nSPS) is 10.6. The first kappa shape index (κ1) is 17.2. The van der Waals surface area contributed by atoms with Crippen molar-refractivity contribution in [3.05, 3.63) is 30.3 Å². The van der Waals surface area contributed by atoms with E-state index in [4.69, 9.17) is 5.11 Å². The Bertz CT molecular complexity index is 446. The molecule has 5 heteroatoms. The average Bonchev–Trinajstić information content (AvgIpc) is 2.44. The Balaban J connectivity index is 2.59. The minimum absolute atomic E-state index is 0.0343. The zero-order valence-corrected chi connectivity index (χ0v) is 12.7. The first-order valence-electron chi connectivity index (χ1n) is 7.31. The van der Waals surface area contributed by atoms with Crippen LogP contribution in [0.15, 0.2) is 30.3 Å². The van der Waals surface area contributed by atoms with Crippen molar-refractivity contribution < 1.29 is 14.7 Å². The SMILES string of the molecule is CC(C)NCCCC(=O)N(CCC(=O)O)c1ccccc1. The molecular formula is C16H24N2O3. The average molecular weight is 292 g/mol. The third kappa shape index (κ3) is 6.90.